The van der Waals surface area contributed by atoms with Gasteiger partial charge in [-0.1, -0.05) is 48.5 Å². The minimum Gasteiger partial charge on any atom is -0.338 e. The van der Waals surface area contributed by atoms with Gasteiger partial charge in [-0.3, -0.25) is 9.78 Å². The number of carbonyl (C=O) groups is 1. The van der Waals surface area contributed by atoms with Gasteiger partial charge in [-0.15, -0.1) is 0 Å². The largest absolute Gasteiger partial charge is 0.338 e. The molecule has 0 fully saturated rings. The highest BCUT2D eigenvalue weighted by Gasteiger charge is 2.15. The molecule has 0 saturated carbocycles. The van der Waals surface area contributed by atoms with Gasteiger partial charge in [0.1, 0.15) is 5.82 Å². The van der Waals surface area contributed by atoms with Crippen molar-refractivity contribution in [2.24, 2.45) is 0 Å². The Bertz CT molecular complexity index is 820. The molecule has 26 heavy (non-hydrogen) atoms. The van der Waals surface area contributed by atoms with E-state index >= 15 is 0 Å². The van der Waals surface area contributed by atoms with Crippen molar-refractivity contribution in [1.29, 1.82) is 0 Å². The zero-order valence-corrected chi connectivity index (χ0v) is 14.5. The van der Waals surface area contributed by atoms with Gasteiger partial charge in [0.15, 0.2) is 0 Å². The van der Waals surface area contributed by atoms with Crippen LogP contribution in [0.1, 0.15) is 16.8 Å². The Hall–Kier alpha value is -3.01. The molecule has 0 saturated heterocycles. The Morgan fingerprint density at radius 1 is 0.885 bits per heavy atom. The second-order valence-electron chi connectivity index (χ2n) is 6.18. The van der Waals surface area contributed by atoms with Crippen LogP contribution in [0.2, 0.25) is 0 Å². The molecular weight excluding hydrogens is 327 g/mol. The van der Waals surface area contributed by atoms with E-state index in [4.69, 9.17) is 0 Å². The Balaban J connectivity index is 1.70. The molecule has 0 N–H and O–H groups in total. The van der Waals surface area contributed by atoms with Crippen LogP contribution in [0.5, 0.6) is 0 Å². The molecule has 3 rings (SSSR count). The Kier molecular flexibility index (Phi) is 6.09. The Labute approximate surface area is 153 Å². The second kappa shape index (κ2) is 8.90. The van der Waals surface area contributed by atoms with Crippen molar-refractivity contribution >= 4 is 5.91 Å². The van der Waals surface area contributed by atoms with Crippen molar-refractivity contribution in [3.63, 3.8) is 0 Å². The first-order chi connectivity index (χ1) is 12.7. The highest BCUT2D eigenvalue weighted by atomic mass is 19.1. The lowest BCUT2D eigenvalue weighted by molar-refractivity contribution is -0.131. The third kappa shape index (κ3) is 5.24. The molecule has 0 atom stereocenters. The van der Waals surface area contributed by atoms with Gasteiger partial charge in [0.2, 0.25) is 5.91 Å². The van der Waals surface area contributed by atoms with Crippen molar-refractivity contribution in [3.8, 4) is 0 Å². The summed E-state index contributed by atoms with van der Waals surface area (Å²) in [4.78, 5) is 19.0. The minimum absolute atomic E-state index is 0.0244. The first-order valence-electron chi connectivity index (χ1n) is 8.67. The second-order valence-corrected chi connectivity index (χ2v) is 6.18. The summed E-state index contributed by atoms with van der Waals surface area (Å²) in [5.74, 6) is -0.270. The first kappa shape index (κ1) is 17.8. The van der Waals surface area contributed by atoms with Gasteiger partial charge in [-0.05, 0) is 35.4 Å². The molecule has 0 aliphatic rings. The number of hydrogen-bond donors (Lipinski definition) is 0. The number of rotatable bonds is 7. The van der Waals surface area contributed by atoms with Crippen LogP contribution >= 0.6 is 0 Å². The molecule has 0 spiro atoms. The third-order valence-electron chi connectivity index (χ3n) is 4.20. The van der Waals surface area contributed by atoms with Crippen LogP contribution in [-0.4, -0.2) is 22.3 Å². The number of aromatic nitrogens is 1. The van der Waals surface area contributed by atoms with Crippen molar-refractivity contribution in [2.75, 3.05) is 6.54 Å². The number of carbonyl (C=O) groups excluding carboxylic acids is 1. The normalized spacial score (nSPS) is 10.5. The summed E-state index contributed by atoms with van der Waals surface area (Å²) in [6.07, 6.45) is 2.72. The summed E-state index contributed by atoms with van der Waals surface area (Å²) in [6, 6.07) is 21.8. The molecule has 1 heterocycles. The lowest BCUT2D eigenvalue weighted by atomic mass is 10.1. The fraction of sp³-hybridized carbons (Fsp3) is 0.182. The van der Waals surface area contributed by atoms with Gasteiger partial charge in [-0.2, -0.15) is 0 Å². The van der Waals surface area contributed by atoms with Crippen LogP contribution in [0.25, 0.3) is 0 Å². The van der Waals surface area contributed by atoms with Crippen LogP contribution in [-0.2, 0) is 24.2 Å². The topological polar surface area (TPSA) is 33.2 Å². The molecule has 0 radical (unpaired) electrons. The average molecular weight is 348 g/mol. The molecule has 2 aromatic carbocycles. The summed E-state index contributed by atoms with van der Waals surface area (Å²) >= 11 is 0. The van der Waals surface area contributed by atoms with E-state index in [1.165, 1.54) is 12.1 Å². The summed E-state index contributed by atoms with van der Waals surface area (Å²) in [5, 5.41) is 0. The molecule has 1 aromatic heterocycles. The Morgan fingerprint density at radius 2 is 1.62 bits per heavy atom. The quantitative estimate of drug-likeness (QED) is 0.646. The van der Waals surface area contributed by atoms with Crippen LogP contribution in [0, 0.1) is 5.82 Å². The van der Waals surface area contributed by atoms with E-state index in [1.54, 1.807) is 18.3 Å². The SMILES string of the molecule is O=C(Cc1ccc(F)cc1)N(CCc1ccccn1)Cc1ccccc1. The van der Waals surface area contributed by atoms with Crippen molar-refractivity contribution in [2.45, 2.75) is 19.4 Å². The smallest absolute Gasteiger partial charge is 0.227 e. The highest BCUT2D eigenvalue weighted by molar-refractivity contribution is 5.78. The van der Waals surface area contributed by atoms with Crippen molar-refractivity contribution in [1.82, 2.24) is 9.88 Å². The predicted molar refractivity (Wildman–Crippen MR) is 99.9 cm³/mol. The van der Waals surface area contributed by atoms with E-state index in [0.29, 0.717) is 19.5 Å². The standard InChI is InChI=1S/C22H21FN2O/c23-20-11-9-18(10-12-20)16-22(26)25(17-19-6-2-1-3-7-19)15-13-21-8-4-5-14-24-21/h1-12,14H,13,15-17H2. The fourth-order valence-electron chi connectivity index (χ4n) is 2.78. The van der Waals surface area contributed by atoms with E-state index in [-0.39, 0.29) is 18.1 Å². The lowest BCUT2D eigenvalue weighted by Crippen LogP contribution is -2.33. The van der Waals surface area contributed by atoms with Gasteiger partial charge < -0.3 is 4.90 Å². The van der Waals surface area contributed by atoms with E-state index < -0.39 is 0 Å². The molecule has 3 aromatic rings. The highest BCUT2D eigenvalue weighted by Crippen LogP contribution is 2.10. The molecule has 0 aliphatic heterocycles. The molecule has 132 valence electrons. The Morgan fingerprint density at radius 3 is 2.31 bits per heavy atom. The summed E-state index contributed by atoms with van der Waals surface area (Å²) < 4.78 is 13.1. The lowest BCUT2D eigenvalue weighted by Gasteiger charge is -2.23. The van der Waals surface area contributed by atoms with E-state index in [0.717, 1.165) is 16.8 Å². The monoisotopic (exact) mass is 348 g/mol. The number of pyridine rings is 1. The van der Waals surface area contributed by atoms with Gasteiger partial charge in [0, 0.05) is 31.4 Å². The zero-order valence-electron chi connectivity index (χ0n) is 14.5. The summed E-state index contributed by atoms with van der Waals surface area (Å²) in [7, 11) is 0. The van der Waals surface area contributed by atoms with E-state index in [9.17, 15) is 9.18 Å². The number of nitrogens with zero attached hydrogens (tertiary/aromatic N) is 2. The number of amides is 1. The summed E-state index contributed by atoms with van der Waals surface area (Å²) in [5.41, 5.74) is 2.86. The minimum atomic E-state index is -0.294. The van der Waals surface area contributed by atoms with E-state index in [1.807, 2.05) is 53.4 Å². The number of hydrogen-bond acceptors (Lipinski definition) is 2. The molecule has 0 unspecified atom stereocenters. The van der Waals surface area contributed by atoms with Gasteiger partial charge in [0.05, 0.1) is 6.42 Å². The molecule has 0 bridgehead atoms. The molecule has 1 amide bonds. The van der Waals surface area contributed by atoms with Crippen LogP contribution in [0.3, 0.4) is 0 Å². The van der Waals surface area contributed by atoms with Crippen LogP contribution in [0.4, 0.5) is 4.39 Å². The molecule has 0 aliphatic carbocycles. The maximum atomic E-state index is 13.1. The first-order valence-corrected chi connectivity index (χ1v) is 8.67. The fourth-order valence-corrected chi connectivity index (χ4v) is 2.78. The van der Waals surface area contributed by atoms with Gasteiger partial charge >= 0.3 is 0 Å². The van der Waals surface area contributed by atoms with Crippen molar-refractivity contribution in [3.05, 3.63) is 102 Å². The van der Waals surface area contributed by atoms with Crippen LogP contribution in [0.15, 0.2) is 79.0 Å². The van der Waals surface area contributed by atoms with Crippen LogP contribution < -0.4 is 0 Å². The van der Waals surface area contributed by atoms with Gasteiger partial charge in [-0.25, -0.2) is 4.39 Å². The van der Waals surface area contributed by atoms with Gasteiger partial charge in [0.25, 0.3) is 0 Å². The maximum Gasteiger partial charge on any atom is 0.227 e. The number of benzene rings is 2. The average Bonchev–Trinajstić information content (AvgIpc) is 2.68. The predicted octanol–water partition coefficient (Wildman–Crippen LogP) is 4.03. The third-order valence-corrected chi connectivity index (χ3v) is 4.20. The van der Waals surface area contributed by atoms with E-state index in [2.05, 4.69) is 4.98 Å². The van der Waals surface area contributed by atoms with Crippen molar-refractivity contribution < 1.29 is 9.18 Å². The molecule has 3 nitrogen and oxygen atoms in total. The number of halogens is 1. The molecule has 4 heteroatoms. The molecular formula is C22H21FN2O. The summed E-state index contributed by atoms with van der Waals surface area (Å²) in [6.45, 7) is 1.14. The maximum absolute atomic E-state index is 13.1. The zero-order chi connectivity index (χ0) is 18.2.